The highest BCUT2D eigenvalue weighted by Crippen LogP contribution is 2.44. The van der Waals surface area contributed by atoms with Gasteiger partial charge in [-0.3, -0.25) is 9.59 Å². The zero-order valence-electron chi connectivity index (χ0n) is 14.3. The van der Waals surface area contributed by atoms with E-state index >= 15 is 0 Å². The minimum absolute atomic E-state index is 0. The van der Waals surface area contributed by atoms with Crippen molar-refractivity contribution < 1.29 is 9.59 Å². The van der Waals surface area contributed by atoms with Crippen LogP contribution in [0.3, 0.4) is 0 Å². The molecular formula is C18H26ClN3O2. The number of amides is 2. The third-order valence-corrected chi connectivity index (χ3v) is 5.38. The van der Waals surface area contributed by atoms with Gasteiger partial charge in [-0.15, -0.1) is 12.4 Å². The molecule has 5 nitrogen and oxygen atoms in total. The van der Waals surface area contributed by atoms with Crippen molar-refractivity contribution in [2.24, 2.45) is 11.3 Å². The van der Waals surface area contributed by atoms with Crippen molar-refractivity contribution >= 4 is 35.6 Å². The second-order valence-corrected chi connectivity index (χ2v) is 6.84. The number of fused-ring (bicyclic) bond motifs is 1. The fourth-order valence-electron chi connectivity index (χ4n) is 4.03. The van der Waals surface area contributed by atoms with Crippen LogP contribution in [0, 0.1) is 18.3 Å². The van der Waals surface area contributed by atoms with Crippen molar-refractivity contribution in [3.8, 4) is 0 Å². The van der Waals surface area contributed by atoms with Crippen LogP contribution < -0.4 is 16.0 Å². The van der Waals surface area contributed by atoms with Gasteiger partial charge in [-0.2, -0.15) is 0 Å². The van der Waals surface area contributed by atoms with E-state index in [1.807, 2.05) is 25.1 Å². The Bertz CT molecular complexity index is 635. The molecule has 1 heterocycles. The van der Waals surface area contributed by atoms with Gasteiger partial charge >= 0.3 is 0 Å². The van der Waals surface area contributed by atoms with Crippen LogP contribution in [0.5, 0.6) is 0 Å². The molecule has 6 heteroatoms. The number of nitrogens with one attached hydrogen (secondary N) is 3. The van der Waals surface area contributed by atoms with Crippen LogP contribution in [0.4, 0.5) is 11.4 Å². The van der Waals surface area contributed by atoms with Gasteiger partial charge in [0.25, 0.3) is 0 Å². The van der Waals surface area contributed by atoms with Crippen LogP contribution in [0.1, 0.15) is 38.2 Å². The summed E-state index contributed by atoms with van der Waals surface area (Å²) in [6.07, 6.45) is 4.43. The van der Waals surface area contributed by atoms with Crippen molar-refractivity contribution in [1.82, 2.24) is 5.32 Å². The molecule has 1 aromatic carbocycles. The van der Waals surface area contributed by atoms with Crippen LogP contribution in [0.15, 0.2) is 18.2 Å². The van der Waals surface area contributed by atoms with Crippen LogP contribution in [0.2, 0.25) is 0 Å². The molecule has 24 heavy (non-hydrogen) atoms. The van der Waals surface area contributed by atoms with E-state index in [4.69, 9.17) is 0 Å². The maximum Gasteiger partial charge on any atom is 0.232 e. The summed E-state index contributed by atoms with van der Waals surface area (Å²) in [5.41, 5.74) is 2.16. The summed E-state index contributed by atoms with van der Waals surface area (Å²) < 4.78 is 0. The summed E-state index contributed by atoms with van der Waals surface area (Å²) in [5, 5.41) is 9.34. The van der Waals surface area contributed by atoms with E-state index in [0.29, 0.717) is 5.92 Å². The van der Waals surface area contributed by atoms with Crippen molar-refractivity contribution in [1.29, 1.82) is 0 Å². The normalized spacial score (nSPS) is 25.3. The predicted octanol–water partition coefficient (Wildman–Crippen LogP) is 3.09. The van der Waals surface area contributed by atoms with Gasteiger partial charge in [-0.05, 0) is 49.9 Å². The molecule has 1 saturated heterocycles. The summed E-state index contributed by atoms with van der Waals surface area (Å²) in [5.74, 6) is 0.452. The Balaban J connectivity index is 0.00000208. The van der Waals surface area contributed by atoms with E-state index in [-0.39, 0.29) is 29.6 Å². The van der Waals surface area contributed by atoms with E-state index in [2.05, 4.69) is 16.0 Å². The van der Waals surface area contributed by atoms with E-state index in [1.54, 1.807) is 0 Å². The molecule has 2 atom stereocenters. The van der Waals surface area contributed by atoms with Gasteiger partial charge in [0.2, 0.25) is 11.8 Å². The molecule has 0 spiro atoms. The quantitative estimate of drug-likeness (QED) is 0.783. The van der Waals surface area contributed by atoms with Gasteiger partial charge in [0, 0.05) is 24.8 Å². The minimum atomic E-state index is -0.269. The highest BCUT2D eigenvalue weighted by atomic mass is 35.5. The highest BCUT2D eigenvalue weighted by molar-refractivity contribution is 5.98. The Hall–Kier alpha value is -1.59. The third-order valence-electron chi connectivity index (χ3n) is 5.38. The lowest BCUT2D eigenvalue weighted by Crippen LogP contribution is -2.44. The Morgan fingerprint density at radius 2 is 1.92 bits per heavy atom. The first-order valence-corrected chi connectivity index (χ1v) is 8.42. The predicted molar refractivity (Wildman–Crippen MR) is 98.6 cm³/mol. The molecule has 2 fully saturated rings. The van der Waals surface area contributed by atoms with E-state index < -0.39 is 0 Å². The second-order valence-electron chi connectivity index (χ2n) is 6.84. The maximum atomic E-state index is 13.0. The molecule has 0 aromatic heterocycles. The molecule has 1 saturated carbocycles. The molecule has 0 unspecified atom stereocenters. The fraction of sp³-hybridized carbons (Fsp3) is 0.556. The zero-order chi connectivity index (χ0) is 16.4. The standard InChI is InChI=1S/C18H25N3O2.ClH/c1-12-15(20-13(2)22)7-5-8-16(12)21-17(23)18-9-4-3-6-14(18)10-19-11-18;/h5,7-8,14,19H,3-4,6,9-11H2,1-2H3,(H,20,22)(H,21,23);1H/t14-,18+;/m0./s1. The molecule has 0 radical (unpaired) electrons. The molecule has 3 rings (SSSR count). The molecule has 2 amide bonds. The average molecular weight is 352 g/mol. The third kappa shape index (κ3) is 3.42. The van der Waals surface area contributed by atoms with Gasteiger partial charge in [0.15, 0.2) is 0 Å². The van der Waals surface area contributed by atoms with Gasteiger partial charge in [0.1, 0.15) is 0 Å². The number of halogens is 1. The lowest BCUT2D eigenvalue weighted by molar-refractivity contribution is -0.128. The first-order chi connectivity index (χ1) is 11.0. The van der Waals surface area contributed by atoms with Crippen molar-refractivity contribution in [3.05, 3.63) is 23.8 Å². The highest BCUT2D eigenvalue weighted by Gasteiger charge is 2.49. The molecule has 3 N–H and O–H groups in total. The Labute approximate surface area is 149 Å². The monoisotopic (exact) mass is 351 g/mol. The summed E-state index contributed by atoms with van der Waals surface area (Å²) in [6.45, 7) is 5.12. The lowest BCUT2D eigenvalue weighted by atomic mass is 9.67. The fourth-order valence-corrected chi connectivity index (χ4v) is 4.03. The molecule has 132 valence electrons. The number of carbonyl (C=O) groups is 2. The van der Waals surface area contributed by atoms with Crippen LogP contribution in [-0.2, 0) is 9.59 Å². The Morgan fingerprint density at radius 3 is 2.62 bits per heavy atom. The maximum absolute atomic E-state index is 13.0. The van der Waals surface area contributed by atoms with Gasteiger partial charge in [-0.25, -0.2) is 0 Å². The van der Waals surface area contributed by atoms with Crippen molar-refractivity contribution in [2.45, 2.75) is 39.5 Å². The van der Waals surface area contributed by atoms with Gasteiger partial charge in [-0.1, -0.05) is 18.9 Å². The average Bonchev–Trinajstić information content (AvgIpc) is 2.96. The topological polar surface area (TPSA) is 70.2 Å². The summed E-state index contributed by atoms with van der Waals surface area (Å²) in [7, 11) is 0. The van der Waals surface area contributed by atoms with E-state index in [9.17, 15) is 9.59 Å². The van der Waals surface area contributed by atoms with Crippen LogP contribution >= 0.6 is 12.4 Å². The first kappa shape index (κ1) is 18.7. The summed E-state index contributed by atoms with van der Waals surface area (Å²) >= 11 is 0. The lowest BCUT2D eigenvalue weighted by Gasteiger charge is -2.37. The SMILES string of the molecule is CC(=O)Nc1cccc(NC(=O)[C@@]23CCCC[C@H]2CNC3)c1C.Cl. The summed E-state index contributed by atoms with van der Waals surface area (Å²) in [4.78, 5) is 24.3. The van der Waals surface area contributed by atoms with E-state index in [1.165, 1.54) is 13.3 Å². The molecule has 1 aliphatic carbocycles. The van der Waals surface area contributed by atoms with Crippen LogP contribution in [-0.4, -0.2) is 24.9 Å². The number of hydrogen-bond donors (Lipinski definition) is 3. The number of anilines is 2. The number of benzene rings is 1. The van der Waals surface area contributed by atoms with Crippen molar-refractivity contribution in [3.63, 3.8) is 0 Å². The number of carbonyl (C=O) groups excluding carboxylic acids is 2. The zero-order valence-corrected chi connectivity index (χ0v) is 15.1. The number of hydrogen-bond acceptors (Lipinski definition) is 3. The van der Waals surface area contributed by atoms with Crippen molar-refractivity contribution in [2.75, 3.05) is 23.7 Å². The molecule has 1 aliphatic heterocycles. The molecule has 2 aliphatic rings. The molecule has 0 bridgehead atoms. The van der Waals surface area contributed by atoms with Gasteiger partial charge in [0.05, 0.1) is 5.41 Å². The summed E-state index contributed by atoms with van der Waals surface area (Å²) in [6, 6.07) is 5.61. The van der Waals surface area contributed by atoms with E-state index in [0.717, 1.165) is 49.3 Å². The largest absolute Gasteiger partial charge is 0.326 e. The van der Waals surface area contributed by atoms with Gasteiger partial charge < -0.3 is 16.0 Å². The Morgan fingerprint density at radius 1 is 1.21 bits per heavy atom. The van der Waals surface area contributed by atoms with Crippen LogP contribution in [0.25, 0.3) is 0 Å². The Kier molecular flexibility index (Phi) is 5.88. The smallest absolute Gasteiger partial charge is 0.232 e. The molecule has 1 aromatic rings. The number of rotatable bonds is 3. The minimum Gasteiger partial charge on any atom is -0.326 e. The first-order valence-electron chi connectivity index (χ1n) is 8.42. The molecular weight excluding hydrogens is 326 g/mol. The second kappa shape index (κ2) is 7.53.